The molecule has 6 nitrogen and oxygen atoms in total. The van der Waals surface area contributed by atoms with Crippen molar-refractivity contribution in [1.82, 2.24) is 14.9 Å². The van der Waals surface area contributed by atoms with Gasteiger partial charge in [0.25, 0.3) is 0 Å². The van der Waals surface area contributed by atoms with Crippen LogP contribution in [0, 0.1) is 0 Å². The maximum atomic E-state index is 12.1. The van der Waals surface area contributed by atoms with Gasteiger partial charge in [-0.1, -0.05) is 0 Å². The third kappa shape index (κ3) is 3.75. The van der Waals surface area contributed by atoms with Crippen LogP contribution in [0.4, 0.5) is 10.6 Å². The first-order valence-electron chi connectivity index (χ1n) is 6.88. The van der Waals surface area contributed by atoms with Crippen molar-refractivity contribution in [1.29, 1.82) is 0 Å². The molecule has 0 radical (unpaired) electrons. The molecule has 0 saturated carbocycles. The van der Waals surface area contributed by atoms with Gasteiger partial charge in [0.15, 0.2) is 0 Å². The topological polar surface area (TPSA) is 58.6 Å². The van der Waals surface area contributed by atoms with Gasteiger partial charge < -0.3 is 14.5 Å². The van der Waals surface area contributed by atoms with Crippen LogP contribution in [0.1, 0.15) is 32.0 Å². The molecule has 1 amide bonds. The average molecular weight is 313 g/mol. The highest BCUT2D eigenvalue weighted by Crippen LogP contribution is 2.27. The van der Waals surface area contributed by atoms with Gasteiger partial charge in [-0.15, -0.1) is 0 Å². The molecular formula is C14H21ClN4O2. The van der Waals surface area contributed by atoms with E-state index in [-0.39, 0.29) is 11.4 Å². The van der Waals surface area contributed by atoms with Crippen molar-refractivity contribution in [3.05, 3.63) is 16.5 Å². The van der Waals surface area contributed by atoms with Crippen LogP contribution in [0.3, 0.4) is 0 Å². The number of anilines is 1. The van der Waals surface area contributed by atoms with Crippen LogP contribution in [0.15, 0.2) is 0 Å². The number of halogens is 1. The number of nitrogens with zero attached hydrogens (tertiary/aromatic N) is 4. The lowest BCUT2D eigenvalue weighted by molar-refractivity contribution is 0.0221. The number of amides is 1. The molecule has 1 aliphatic heterocycles. The number of carbonyl (C=O) groups is 1. The molecule has 2 rings (SSSR count). The Labute approximate surface area is 130 Å². The van der Waals surface area contributed by atoms with E-state index in [1.54, 1.807) is 4.90 Å². The fraction of sp³-hybridized carbons (Fsp3) is 0.643. The zero-order chi connectivity index (χ0) is 15.8. The van der Waals surface area contributed by atoms with Crippen LogP contribution >= 0.6 is 11.6 Å². The highest BCUT2D eigenvalue weighted by molar-refractivity contribution is 6.28. The van der Waals surface area contributed by atoms with E-state index in [2.05, 4.69) is 9.97 Å². The van der Waals surface area contributed by atoms with Gasteiger partial charge in [-0.2, -0.15) is 0 Å². The molecule has 0 aliphatic carbocycles. The molecule has 0 bridgehead atoms. The second-order valence-electron chi connectivity index (χ2n) is 6.29. The molecule has 0 unspecified atom stereocenters. The number of fused-ring (bicyclic) bond motifs is 1. The maximum absolute atomic E-state index is 12.1. The van der Waals surface area contributed by atoms with Crippen LogP contribution in [0.5, 0.6) is 0 Å². The van der Waals surface area contributed by atoms with Crippen molar-refractivity contribution in [3.63, 3.8) is 0 Å². The summed E-state index contributed by atoms with van der Waals surface area (Å²) < 4.78 is 5.40. The molecule has 1 aliphatic rings. The number of aromatic nitrogens is 2. The zero-order valence-electron chi connectivity index (χ0n) is 13.1. The summed E-state index contributed by atoms with van der Waals surface area (Å²) in [7, 11) is 3.83. The summed E-state index contributed by atoms with van der Waals surface area (Å²) in [5.74, 6) is 0.814. The van der Waals surface area contributed by atoms with Gasteiger partial charge in [-0.05, 0) is 38.8 Å². The predicted octanol–water partition coefficient (Wildman–Crippen LogP) is 2.49. The van der Waals surface area contributed by atoms with Crippen molar-refractivity contribution in [2.24, 2.45) is 0 Å². The highest BCUT2D eigenvalue weighted by Gasteiger charge is 2.28. The highest BCUT2D eigenvalue weighted by atomic mass is 35.5. The van der Waals surface area contributed by atoms with E-state index >= 15 is 0 Å². The first-order chi connectivity index (χ1) is 9.67. The number of carbonyl (C=O) groups excluding carboxylic acids is 1. The van der Waals surface area contributed by atoms with Gasteiger partial charge in [0.1, 0.15) is 11.4 Å². The molecule has 0 aromatic carbocycles. The van der Waals surface area contributed by atoms with E-state index in [0.29, 0.717) is 19.5 Å². The molecule has 0 N–H and O–H groups in total. The van der Waals surface area contributed by atoms with Gasteiger partial charge in [0, 0.05) is 26.2 Å². The average Bonchev–Trinajstić information content (AvgIpc) is 2.34. The molecule has 7 heteroatoms. The molecule has 21 heavy (non-hydrogen) atoms. The summed E-state index contributed by atoms with van der Waals surface area (Å²) in [6, 6.07) is 0. The van der Waals surface area contributed by atoms with E-state index in [1.807, 2.05) is 39.8 Å². The molecule has 0 saturated heterocycles. The standard InChI is InChI=1S/C14H21ClN4O2/c1-14(2,3)21-13(20)19-7-6-9-10(8-19)16-12(15)17-11(9)18(4)5/h6-8H2,1-5H3. The van der Waals surface area contributed by atoms with E-state index in [9.17, 15) is 4.79 Å². The van der Waals surface area contributed by atoms with Crippen LogP contribution in [-0.2, 0) is 17.7 Å². The molecule has 0 spiro atoms. The van der Waals surface area contributed by atoms with Gasteiger partial charge in [0.2, 0.25) is 5.28 Å². The predicted molar refractivity (Wildman–Crippen MR) is 81.7 cm³/mol. The molecule has 0 fully saturated rings. The minimum Gasteiger partial charge on any atom is -0.444 e. The number of hydrogen-bond acceptors (Lipinski definition) is 5. The smallest absolute Gasteiger partial charge is 0.410 e. The Morgan fingerprint density at radius 2 is 2.00 bits per heavy atom. The summed E-state index contributed by atoms with van der Waals surface area (Å²) in [5.41, 5.74) is 1.33. The van der Waals surface area contributed by atoms with Gasteiger partial charge in [-0.3, -0.25) is 0 Å². The van der Waals surface area contributed by atoms with Crippen molar-refractivity contribution in [2.75, 3.05) is 25.5 Å². The Kier molecular flexibility index (Phi) is 4.27. The van der Waals surface area contributed by atoms with Crippen LogP contribution < -0.4 is 4.90 Å². The lowest BCUT2D eigenvalue weighted by Crippen LogP contribution is -2.40. The maximum Gasteiger partial charge on any atom is 0.410 e. The fourth-order valence-corrected chi connectivity index (χ4v) is 2.42. The zero-order valence-corrected chi connectivity index (χ0v) is 13.9. The van der Waals surface area contributed by atoms with Gasteiger partial charge in [0.05, 0.1) is 12.2 Å². The Bertz CT molecular complexity index is 555. The largest absolute Gasteiger partial charge is 0.444 e. The summed E-state index contributed by atoms with van der Waals surface area (Å²) in [6.45, 7) is 6.55. The van der Waals surface area contributed by atoms with Crippen LogP contribution in [-0.4, -0.2) is 47.2 Å². The number of rotatable bonds is 1. The summed E-state index contributed by atoms with van der Waals surface area (Å²) in [6.07, 6.45) is 0.369. The molecular weight excluding hydrogens is 292 g/mol. The van der Waals surface area contributed by atoms with Crippen molar-refractivity contribution in [3.8, 4) is 0 Å². The summed E-state index contributed by atoms with van der Waals surface area (Å²) >= 11 is 5.98. The fourth-order valence-electron chi connectivity index (χ4n) is 2.23. The number of ether oxygens (including phenoxy) is 1. The van der Waals surface area contributed by atoms with Crippen molar-refractivity contribution < 1.29 is 9.53 Å². The van der Waals surface area contributed by atoms with Crippen molar-refractivity contribution >= 4 is 23.5 Å². The summed E-state index contributed by atoms with van der Waals surface area (Å²) in [5, 5.41) is 0.198. The quantitative estimate of drug-likeness (QED) is 0.746. The van der Waals surface area contributed by atoms with Gasteiger partial charge in [-0.25, -0.2) is 14.8 Å². The van der Waals surface area contributed by atoms with Gasteiger partial charge >= 0.3 is 6.09 Å². The van der Waals surface area contributed by atoms with Crippen molar-refractivity contribution in [2.45, 2.75) is 39.3 Å². The number of hydrogen-bond donors (Lipinski definition) is 0. The summed E-state index contributed by atoms with van der Waals surface area (Å²) in [4.78, 5) is 24.2. The van der Waals surface area contributed by atoms with E-state index in [0.717, 1.165) is 17.1 Å². The van der Waals surface area contributed by atoms with E-state index in [4.69, 9.17) is 16.3 Å². The molecule has 1 aromatic heterocycles. The minimum atomic E-state index is -0.504. The van der Waals surface area contributed by atoms with E-state index in [1.165, 1.54) is 0 Å². The third-order valence-corrected chi connectivity index (χ3v) is 3.26. The third-order valence-electron chi connectivity index (χ3n) is 3.09. The first kappa shape index (κ1) is 15.8. The SMILES string of the molecule is CN(C)c1nc(Cl)nc2c1CCN(C(=O)OC(C)(C)C)C2. The molecule has 0 atom stereocenters. The normalized spacial score (nSPS) is 14.7. The lowest BCUT2D eigenvalue weighted by Gasteiger charge is -2.32. The molecule has 2 heterocycles. The lowest BCUT2D eigenvalue weighted by atomic mass is 10.1. The first-order valence-corrected chi connectivity index (χ1v) is 7.25. The van der Waals surface area contributed by atoms with E-state index < -0.39 is 5.60 Å². The monoisotopic (exact) mass is 312 g/mol. The second-order valence-corrected chi connectivity index (χ2v) is 6.63. The molecule has 1 aromatic rings. The Balaban J connectivity index is 2.23. The Morgan fingerprint density at radius 1 is 1.33 bits per heavy atom. The Hall–Kier alpha value is -1.56. The van der Waals surface area contributed by atoms with Crippen LogP contribution in [0.2, 0.25) is 5.28 Å². The Morgan fingerprint density at radius 3 is 2.57 bits per heavy atom. The minimum absolute atomic E-state index is 0.198. The second kappa shape index (κ2) is 5.67. The van der Waals surface area contributed by atoms with Crippen LogP contribution in [0.25, 0.3) is 0 Å². The molecule has 116 valence electrons.